The third kappa shape index (κ3) is 4.61. The maximum absolute atomic E-state index is 12.8. The molecule has 0 bridgehead atoms. The number of carbonyl (C=O) groups excluding carboxylic acids is 1. The number of thiazole rings is 1. The van der Waals surface area contributed by atoms with Crippen LogP contribution >= 0.6 is 11.3 Å². The summed E-state index contributed by atoms with van der Waals surface area (Å²) in [5.74, 6) is -0.221. The molecule has 2 aromatic carbocycles. The van der Waals surface area contributed by atoms with Gasteiger partial charge in [0.15, 0.2) is 0 Å². The summed E-state index contributed by atoms with van der Waals surface area (Å²) in [5.41, 5.74) is 2.02. The summed E-state index contributed by atoms with van der Waals surface area (Å²) >= 11 is 1.71. The fourth-order valence-electron chi connectivity index (χ4n) is 2.49. The molecule has 3 nitrogen and oxygen atoms in total. The number of fused-ring (bicyclic) bond motifs is 1. The van der Waals surface area contributed by atoms with Gasteiger partial charge in [0.05, 0.1) is 15.2 Å². The third-order valence-electron chi connectivity index (χ3n) is 3.78. The summed E-state index contributed by atoms with van der Waals surface area (Å²) in [6.07, 6.45) is 2.80. The van der Waals surface area contributed by atoms with Crippen molar-refractivity contribution in [2.75, 3.05) is 6.54 Å². The number of para-hydroxylation sites is 1. The molecule has 3 aromatic rings. The van der Waals surface area contributed by atoms with Crippen LogP contribution in [0.15, 0.2) is 48.5 Å². The first-order valence-electron chi connectivity index (χ1n) is 8.06. The second kappa shape index (κ2) is 8.02. The van der Waals surface area contributed by atoms with E-state index in [1.165, 1.54) is 16.8 Å². The van der Waals surface area contributed by atoms with Crippen LogP contribution in [0.25, 0.3) is 10.2 Å². The van der Waals surface area contributed by atoms with Gasteiger partial charge in [-0.15, -0.1) is 11.3 Å². The number of benzene rings is 2. The Hall–Kier alpha value is -2.27. The number of carbonyl (C=O) groups is 1. The minimum absolute atomic E-state index is 0.0311. The van der Waals surface area contributed by atoms with Crippen LogP contribution < -0.4 is 5.32 Å². The van der Waals surface area contributed by atoms with Gasteiger partial charge in [0, 0.05) is 19.4 Å². The van der Waals surface area contributed by atoms with E-state index in [9.17, 15) is 9.18 Å². The number of nitrogens with one attached hydrogen (secondary N) is 1. The zero-order valence-corrected chi connectivity index (χ0v) is 14.1. The summed E-state index contributed by atoms with van der Waals surface area (Å²) in [4.78, 5) is 16.4. The van der Waals surface area contributed by atoms with Gasteiger partial charge in [-0.1, -0.05) is 24.3 Å². The van der Waals surface area contributed by atoms with Gasteiger partial charge in [0.2, 0.25) is 5.91 Å². The molecule has 24 heavy (non-hydrogen) atoms. The highest BCUT2D eigenvalue weighted by Gasteiger charge is 2.05. The van der Waals surface area contributed by atoms with E-state index < -0.39 is 0 Å². The van der Waals surface area contributed by atoms with Gasteiger partial charge in [-0.05, 0) is 42.7 Å². The van der Waals surface area contributed by atoms with Crippen LogP contribution in [0, 0.1) is 5.82 Å². The number of halogens is 1. The second-order valence-corrected chi connectivity index (χ2v) is 6.77. The zero-order chi connectivity index (χ0) is 16.8. The number of rotatable bonds is 7. The van der Waals surface area contributed by atoms with Gasteiger partial charge < -0.3 is 5.32 Å². The zero-order valence-electron chi connectivity index (χ0n) is 13.3. The molecule has 0 saturated carbocycles. The van der Waals surface area contributed by atoms with Crippen molar-refractivity contribution in [2.24, 2.45) is 0 Å². The van der Waals surface area contributed by atoms with Crippen molar-refractivity contribution in [1.29, 1.82) is 0 Å². The lowest BCUT2D eigenvalue weighted by molar-refractivity contribution is -0.121. The molecular formula is C19H19FN2OS. The Morgan fingerprint density at radius 1 is 1.08 bits per heavy atom. The maximum atomic E-state index is 12.8. The Balaban J connectivity index is 1.36. The molecule has 0 aliphatic heterocycles. The molecule has 1 aromatic heterocycles. The van der Waals surface area contributed by atoms with E-state index in [1.54, 1.807) is 23.5 Å². The smallest absolute Gasteiger partial charge is 0.220 e. The van der Waals surface area contributed by atoms with Gasteiger partial charge in [0.1, 0.15) is 5.82 Å². The standard InChI is InChI=1S/C19H19FN2OS/c20-15-10-7-14(8-11-15)9-12-18(23)21-13-3-6-19-22-16-4-1-2-5-17(16)24-19/h1-2,4-5,7-8,10-11H,3,6,9,12-13H2,(H,21,23). The van der Waals surface area contributed by atoms with Crippen molar-refractivity contribution in [3.05, 3.63) is 64.9 Å². The van der Waals surface area contributed by atoms with Crippen LogP contribution in [0.2, 0.25) is 0 Å². The van der Waals surface area contributed by atoms with Gasteiger partial charge in [-0.2, -0.15) is 0 Å². The first kappa shape index (κ1) is 16.6. The Morgan fingerprint density at radius 2 is 1.88 bits per heavy atom. The predicted molar refractivity (Wildman–Crippen MR) is 95.7 cm³/mol. The highest BCUT2D eigenvalue weighted by atomic mass is 32.1. The van der Waals surface area contributed by atoms with E-state index in [2.05, 4.69) is 16.4 Å². The molecule has 0 unspecified atom stereocenters. The fraction of sp³-hybridized carbons (Fsp3) is 0.263. The fourth-order valence-corrected chi connectivity index (χ4v) is 3.50. The van der Waals surface area contributed by atoms with Crippen LogP contribution in [-0.4, -0.2) is 17.4 Å². The van der Waals surface area contributed by atoms with Crippen LogP contribution in [0.4, 0.5) is 4.39 Å². The van der Waals surface area contributed by atoms with Crippen molar-refractivity contribution >= 4 is 27.5 Å². The molecule has 5 heteroatoms. The minimum Gasteiger partial charge on any atom is -0.356 e. The van der Waals surface area contributed by atoms with Crippen molar-refractivity contribution < 1.29 is 9.18 Å². The minimum atomic E-state index is -0.252. The largest absolute Gasteiger partial charge is 0.356 e. The molecule has 0 radical (unpaired) electrons. The van der Waals surface area contributed by atoms with E-state index >= 15 is 0 Å². The lowest BCUT2D eigenvalue weighted by Gasteiger charge is -2.04. The predicted octanol–water partition coefficient (Wildman–Crippen LogP) is 4.12. The number of nitrogens with zero attached hydrogens (tertiary/aromatic N) is 1. The molecule has 0 atom stereocenters. The normalized spacial score (nSPS) is 10.9. The first-order valence-corrected chi connectivity index (χ1v) is 8.88. The number of hydrogen-bond acceptors (Lipinski definition) is 3. The second-order valence-electron chi connectivity index (χ2n) is 5.66. The molecule has 3 rings (SSSR count). The van der Waals surface area contributed by atoms with Crippen molar-refractivity contribution in [3.63, 3.8) is 0 Å². The SMILES string of the molecule is O=C(CCc1ccc(F)cc1)NCCCc1nc2ccccc2s1. The van der Waals surface area contributed by atoms with Crippen molar-refractivity contribution in [1.82, 2.24) is 10.3 Å². The number of aryl methyl sites for hydroxylation is 2. The Kier molecular flexibility index (Phi) is 5.54. The van der Waals surface area contributed by atoms with Crippen molar-refractivity contribution in [3.8, 4) is 0 Å². The van der Waals surface area contributed by atoms with Crippen LogP contribution in [-0.2, 0) is 17.6 Å². The molecule has 0 aliphatic carbocycles. The Morgan fingerprint density at radius 3 is 2.67 bits per heavy atom. The average Bonchev–Trinajstić information content (AvgIpc) is 3.01. The molecule has 0 saturated heterocycles. The number of aromatic nitrogens is 1. The van der Waals surface area contributed by atoms with Crippen molar-refractivity contribution in [2.45, 2.75) is 25.7 Å². The monoisotopic (exact) mass is 342 g/mol. The first-order chi connectivity index (χ1) is 11.7. The van der Waals surface area contributed by atoms with E-state index in [0.29, 0.717) is 19.4 Å². The molecule has 0 spiro atoms. The van der Waals surface area contributed by atoms with E-state index in [0.717, 1.165) is 28.9 Å². The number of hydrogen-bond donors (Lipinski definition) is 1. The maximum Gasteiger partial charge on any atom is 0.220 e. The van der Waals surface area contributed by atoms with Gasteiger partial charge >= 0.3 is 0 Å². The van der Waals surface area contributed by atoms with E-state index in [4.69, 9.17) is 0 Å². The lowest BCUT2D eigenvalue weighted by atomic mass is 10.1. The Bertz CT molecular complexity index is 781. The van der Waals surface area contributed by atoms with Crippen LogP contribution in [0.1, 0.15) is 23.4 Å². The average molecular weight is 342 g/mol. The highest BCUT2D eigenvalue weighted by molar-refractivity contribution is 7.18. The number of amides is 1. The van der Waals surface area contributed by atoms with Gasteiger partial charge in [-0.3, -0.25) is 4.79 Å². The summed E-state index contributed by atoms with van der Waals surface area (Å²) < 4.78 is 14.0. The molecule has 1 amide bonds. The van der Waals surface area contributed by atoms with Crippen LogP contribution in [0.3, 0.4) is 0 Å². The summed E-state index contributed by atoms with van der Waals surface area (Å²) in [6, 6.07) is 14.4. The third-order valence-corrected chi connectivity index (χ3v) is 4.88. The molecular weight excluding hydrogens is 323 g/mol. The van der Waals surface area contributed by atoms with Gasteiger partial charge in [0.25, 0.3) is 0 Å². The lowest BCUT2D eigenvalue weighted by Crippen LogP contribution is -2.24. The van der Waals surface area contributed by atoms with E-state index in [1.807, 2.05) is 18.2 Å². The van der Waals surface area contributed by atoms with Gasteiger partial charge in [-0.25, -0.2) is 9.37 Å². The molecule has 124 valence electrons. The summed E-state index contributed by atoms with van der Waals surface area (Å²) in [6.45, 7) is 0.651. The molecule has 1 N–H and O–H groups in total. The Labute approximate surface area is 144 Å². The quantitative estimate of drug-likeness (QED) is 0.656. The van der Waals surface area contributed by atoms with Crippen LogP contribution in [0.5, 0.6) is 0 Å². The summed E-state index contributed by atoms with van der Waals surface area (Å²) in [7, 11) is 0. The molecule has 0 fully saturated rings. The van der Waals surface area contributed by atoms with E-state index in [-0.39, 0.29) is 11.7 Å². The molecule has 0 aliphatic rings. The summed E-state index contributed by atoms with van der Waals surface area (Å²) in [5, 5.41) is 4.04. The molecule has 1 heterocycles. The topological polar surface area (TPSA) is 42.0 Å². The highest BCUT2D eigenvalue weighted by Crippen LogP contribution is 2.22.